The van der Waals surface area contributed by atoms with Crippen molar-refractivity contribution in [1.29, 1.82) is 0 Å². The van der Waals surface area contributed by atoms with E-state index in [1.807, 2.05) is 0 Å². The minimum Gasteiger partial charge on any atom is -0.369 e. The van der Waals surface area contributed by atoms with E-state index in [0.29, 0.717) is 22.6 Å². The first kappa shape index (κ1) is 21.4. The number of hydrogen-bond acceptors (Lipinski definition) is 5. The van der Waals surface area contributed by atoms with Crippen molar-refractivity contribution in [3.05, 3.63) is 71.5 Å². The van der Waals surface area contributed by atoms with E-state index in [2.05, 4.69) is 10.4 Å². The lowest BCUT2D eigenvalue weighted by molar-refractivity contribution is -0.141. The Morgan fingerprint density at radius 3 is 2.39 bits per heavy atom. The maximum Gasteiger partial charge on any atom is 0.435 e. The molecule has 1 aliphatic carbocycles. The molecule has 6 nitrogen and oxygen atoms in total. The molecule has 0 bridgehead atoms. The van der Waals surface area contributed by atoms with Crippen LogP contribution in [0, 0.1) is 0 Å². The van der Waals surface area contributed by atoms with Crippen LogP contribution < -0.4 is 5.32 Å². The van der Waals surface area contributed by atoms with Crippen LogP contribution in [0.1, 0.15) is 41.9 Å². The molecule has 1 heterocycles. The first-order valence-corrected chi connectivity index (χ1v) is 11.4. The van der Waals surface area contributed by atoms with E-state index in [4.69, 9.17) is 0 Å². The number of halogens is 3. The van der Waals surface area contributed by atoms with Crippen LogP contribution in [0.25, 0.3) is 5.69 Å². The third-order valence-electron chi connectivity index (χ3n) is 5.04. The van der Waals surface area contributed by atoms with Crippen LogP contribution in [-0.4, -0.2) is 29.6 Å². The fraction of sp³-hybridized carbons (Fsp3) is 0.286. The van der Waals surface area contributed by atoms with Gasteiger partial charge in [-0.05, 0) is 55.3 Å². The van der Waals surface area contributed by atoms with E-state index in [1.54, 1.807) is 30.3 Å². The molecule has 1 aromatic heterocycles. The summed E-state index contributed by atoms with van der Waals surface area (Å²) in [6.45, 7) is 0. The van der Waals surface area contributed by atoms with Gasteiger partial charge in [-0.25, -0.2) is 13.1 Å². The van der Waals surface area contributed by atoms with Gasteiger partial charge in [0, 0.05) is 29.1 Å². The topological polar surface area (TPSA) is 84.2 Å². The predicted molar refractivity (Wildman–Crippen MR) is 109 cm³/mol. The average Bonchev–Trinajstić information content (AvgIpc) is 3.45. The number of sulfone groups is 1. The highest BCUT2D eigenvalue weighted by Crippen LogP contribution is 2.43. The van der Waals surface area contributed by atoms with Crippen molar-refractivity contribution < 1.29 is 26.7 Å². The molecule has 1 unspecified atom stereocenters. The number of benzene rings is 2. The molecule has 0 radical (unpaired) electrons. The van der Waals surface area contributed by atoms with Crippen LogP contribution in [0.3, 0.4) is 0 Å². The Bertz CT molecular complexity index is 1200. The summed E-state index contributed by atoms with van der Waals surface area (Å²) in [4.78, 5) is 0.0907. The number of alkyl halides is 3. The molecule has 1 aliphatic rings. The van der Waals surface area contributed by atoms with Gasteiger partial charge in [0.15, 0.2) is 21.8 Å². The molecule has 1 fully saturated rings. The number of nitrogens with one attached hydrogen (secondary N) is 1. The van der Waals surface area contributed by atoms with Gasteiger partial charge < -0.3 is 10.4 Å². The number of rotatable bonds is 6. The lowest BCUT2D eigenvalue weighted by Gasteiger charge is -2.16. The van der Waals surface area contributed by atoms with E-state index in [1.165, 1.54) is 22.9 Å². The summed E-state index contributed by atoms with van der Waals surface area (Å²) in [5.41, 5.74) is 0.974. The fourth-order valence-electron chi connectivity index (χ4n) is 3.27. The summed E-state index contributed by atoms with van der Waals surface area (Å²) >= 11 is 0. The first-order valence-electron chi connectivity index (χ1n) is 9.54. The minimum atomic E-state index is -4.51. The lowest BCUT2D eigenvalue weighted by Crippen LogP contribution is -2.11. The molecule has 1 atom stereocenters. The zero-order valence-corrected chi connectivity index (χ0v) is 17.3. The van der Waals surface area contributed by atoms with Crippen molar-refractivity contribution in [2.75, 3.05) is 11.6 Å². The largest absolute Gasteiger partial charge is 0.435 e. The number of aliphatic hydroxyl groups excluding tert-OH is 1. The lowest BCUT2D eigenvalue weighted by atomic mass is 10.2. The first-order chi connectivity index (χ1) is 14.5. The highest BCUT2D eigenvalue weighted by Gasteiger charge is 2.38. The van der Waals surface area contributed by atoms with Crippen LogP contribution >= 0.6 is 0 Å². The molecule has 3 aromatic rings. The minimum absolute atomic E-state index is 0.0744. The average molecular weight is 451 g/mol. The van der Waals surface area contributed by atoms with Gasteiger partial charge in [0.1, 0.15) is 0 Å². The molecule has 0 saturated heterocycles. The molecule has 10 heteroatoms. The van der Waals surface area contributed by atoms with Crippen molar-refractivity contribution in [2.45, 2.75) is 36.1 Å². The third kappa shape index (κ3) is 4.75. The molecule has 1 saturated carbocycles. The summed E-state index contributed by atoms with van der Waals surface area (Å²) in [6.07, 6.45) is -2.93. The summed E-state index contributed by atoms with van der Waals surface area (Å²) in [6, 6.07) is 13.5. The molecular weight excluding hydrogens is 431 g/mol. The Balaban J connectivity index is 1.55. The van der Waals surface area contributed by atoms with Crippen LogP contribution in [0.4, 0.5) is 18.9 Å². The number of nitrogens with zero attached hydrogens (tertiary/aromatic N) is 2. The van der Waals surface area contributed by atoms with Crippen molar-refractivity contribution in [2.24, 2.45) is 0 Å². The van der Waals surface area contributed by atoms with E-state index >= 15 is 0 Å². The van der Waals surface area contributed by atoms with Gasteiger partial charge >= 0.3 is 6.18 Å². The molecule has 31 heavy (non-hydrogen) atoms. The van der Waals surface area contributed by atoms with Gasteiger partial charge in [0.25, 0.3) is 0 Å². The second kappa shape index (κ2) is 7.69. The van der Waals surface area contributed by atoms with Crippen molar-refractivity contribution >= 4 is 15.5 Å². The van der Waals surface area contributed by atoms with Gasteiger partial charge in [0.05, 0.1) is 10.6 Å². The summed E-state index contributed by atoms with van der Waals surface area (Å²) < 4.78 is 64.0. The zero-order valence-electron chi connectivity index (χ0n) is 16.5. The van der Waals surface area contributed by atoms with E-state index in [-0.39, 0.29) is 10.8 Å². The Morgan fingerprint density at radius 1 is 1.13 bits per heavy atom. The molecule has 0 amide bonds. The van der Waals surface area contributed by atoms with Crippen molar-refractivity contribution in [3.8, 4) is 5.69 Å². The van der Waals surface area contributed by atoms with Crippen LogP contribution in [0.15, 0.2) is 59.5 Å². The van der Waals surface area contributed by atoms with Crippen molar-refractivity contribution in [3.63, 3.8) is 0 Å². The Labute approximate surface area is 177 Å². The van der Waals surface area contributed by atoms with Gasteiger partial charge in [-0.3, -0.25) is 0 Å². The van der Waals surface area contributed by atoms with Crippen LogP contribution in [0.5, 0.6) is 0 Å². The maximum atomic E-state index is 13.1. The summed E-state index contributed by atoms with van der Waals surface area (Å²) in [5, 5.41) is 17.0. The Kier molecular flexibility index (Phi) is 5.30. The van der Waals surface area contributed by atoms with Gasteiger partial charge in [0.2, 0.25) is 0 Å². The number of hydrogen-bond donors (Lipinski definition) is 2. The van der Waals surface area contributed by atoms with E-state index in [0.717, 1.165) is 25.2 Å². The standard InChI is InChI=1S/C21H20F3N3O3S/c1-31(29,30)17-4-2-3-14(11-17)20(28)25-15-7-9-16(10-8-15)27-18(13-5-6-13)12-19(26-27)21(22,23)24/h2-4,7-13,20,25,28H,5-6H2,1H3. The second-order valence-electron chi connectivity index (χ2n) is 7.58. The highest BCUT2D eigenvalue weighted by molar-refractivity contribution is 7.90. The third-order valence-corrected chi connectivity index (χ3v) is 6.15. The molecular formula is C21H20F3N3O3S. The number of aromatic nitrogens is 2. The van der Waals surface area contributed by atoms with Crippen LogP contribution in [-0.2, 0) is 16.0 Å². The zero-order chi connectivity index (χ0) is 22.4. The fourth-order valence-corrected chi connectivity index (χ4v) is 3.94. The van der Waals surface area contributed by atoms with Gasteiger partial charge in [-0.2, -0.15) is 18.3 Å². The quantitative estimate of drug-likeness (QED) is 0.547. The van der Waals surface area contributed by atoms with E-state index in [9.17, 15) is 26.7 Å². The summed E-state index contributed by atoms with van der Waals surface area (Å²) in [5.74, 6) is 0.0744. The van der Waals surface area contributed by atoms with Crippen LogP contribution in [0.2, 0.25) is 0 Å². The second-order valence-corrected chi connectivity index (χ2v) is 9.59. The molecule has 0 spiro atoms. The maximum absolute atomic E-state index is 13.1. The molecule has 2 N–H and O–H groups in total. The summed E-state index contributed by atoms with van der Waals surface area (Å²) in [7, 11) is -3.41. The molecule has 0 aliphatic heterocycles. The smallest absolute Gasteiger partial charge is 0.369 e. The number of anilines is 1. The van der Waals surface area contributed by atoms with Crippen molar-refractivity contribution in [1.82, 2.24) is 9.78 Å². The van der Waals surface area contributed by atoms with Gasteiger partial charge in [-0.1, -0.05) is 12.1 Å². The normalized spacial score (nSPS) is 15.6. The molecule has 2 aromatic carbocycles. The van der Waals surface area contributed by atoms with E-state index < -0.39 is 27.9 Å². The Hall–Kier alpha value is -2.85. The number of aliphatic hydroxyl groups is 1. The monoisotopic (exact) mass is 451 g/mol. The highest BCUT2D eigenvalue weighted by atomic mass is 32.2. The Morgan fingerprint density at radius 2 is 1.81 bits per heavy atom. The molecule has 4 rings (SSSR count). The SMILES string of the molecule is CS(=O)(=O)c1cccc(C(O)Nc2ccc(-n3nc(C(F)(F)F)cc3C3CC3)cc2)c1. The predicted octanol–water partition coefficient (Wildman–Crippen LogP) is 4.28. The van der Waals surface area contributed by atoms with Gasteiger partial charge in [-0.15, -0.1) is 0 Å². The molecule has 164 valence electrons.